The normalized spacial score (nSPS) is 10.6. The lowest BCUT2D eigenvalue weighted by Gasteiger charge is -2.17. The van der Waals surface area contributed by atoms with Gasteiger partial charge in [0.15, 0.2) is 0 Å². The van der Waals surface area contributed by atoms with Crippen LogP contribution in [-0.4, -0.2) is 31.7 Å². The standard InChI is InChI=1S/C14H18N2O2/c1-16(9-5-8-14(17)18-2)13-10-15-12-7-4-3-6-11(12)13/h3-4,6-7,10,15H,5,8-9H2,1-2H3. The summed E-state index contributed by atoms with van der Waals surface area (Å²) < 4.78 is 4.63. The number of rotatable bonds is 5. The van der Waals surface area contributed by atoms with Gasteiger partial charge in [-0.1, -0.05) is 18.2 Å². The minimum absolute atomic E-state index is 0.151. The maximum absolute atomic E-state index is 11.0. The van der Waals surface area contributed by atoms with Crippen molar-refractivity contribution in [3.8, 4) is 0 Å². The molecule has 0 unspecified atom stereocenters. The maximum Gasteiger partial charge on any atom is 0.305 e. The van der Waals surface area contributed by atoms with Crippen LogP contribution in [0, 0.1) is 0 Å². The number of para-hydroxylation sites is 1. The number of carbonyl (C=O) groups excluding carboxylic acids is 1. The van der Waals surface area contributed by atoms with Crippen molar-refractivity contribution >= 4 is 22.6 Å². The first-order valence-corrected chi connectivity index (χ1v) is 6.06. The molecular weight excluding hydrogens is 228 g/mol. The summed E-state index contributed by atoms with van der Waals surface area (Å²) in [5, 5.41) is 1.21. The molecule has 0 bridgehead atoms. The second-order valence-electron chi connectivity index (χ2n) is 4.32. The van der Waals surface area contributed by atoms with Gasteiger partial charge in [0.25, 0.3) is 0 Å². The Labute approximate surface area is 107 Å². The van der Waals surface area contributed by atoms with Gasteiger partial charge >= 0.3 is 5.97 Å². The van der Waals surface area contributed by atoms with E-state index in [1.807, 2.05) is 25.4 Å². The van der Waals surface area contributed by atoms with Crippen LogP contribution in [0.2, 0.25) is 0 Å². The summed E-state index contributed by atoms with van der Waals surface area (Å²) in [5.41, 5.74) is 2.29. The molecule has 4 heteroatoms. The first-order chi connectivity index (χ1) is 8.72. The zero-order chi connectivity index (χ0) is 13.0. The fraction of sp³-hybridized carbons (Fsp3) is 0.357. The summed E-state index contributed by atoms with van der Waals surface area (Å²) >= 11 is 0. The molecule has 4 nitrogen and oxygen atoms in total. The highest BCUT2D eigenvalue weighted by Crippen LogP contribution is 2.25. The number of carbonyl (C=O) groups is 1. The highest BCUT2D eigenvalue weighted by atomic mass is 16.5. The number of hydrogen-bond acceptors (Lipinski definition) is 3. The molecule has 2 rings (SSSR count). The predicted molar refractivity (Wildman–Crippen MR) is 72.8 cm³/mol. The molecule has 0 aliphatic carbocycles. The van der Waals surface area contributed by atoms with Gasteiger partial charge < -0.3 is 14.6 Å². The van der Waals surface area contributed by atoms with Crippen molar-refractivity contribution in [2.45, 2.75) is 12.8 Å². The number of benzene rings is 1. The van der Waals surface area contributed by atoms with Gasteiger partial charge in [-0.15, -0.1) is 0 Å². The molecule has 0 amide bonds. The van der Waals surface area contributed by atoms with Crippen LogP contribution in [-0.2, 0) is 9.53 Å². The molecule has 1 heterocycles. The third-order valence-corrected chi connectivity index (χ3v) is 3.08. The number of nitrogens with one attached hydrogen (secondary N) is 1. The number of methoxy groups -OCH3 is 1. The Bertz CT molecular complexity index is 533. The monoisotopic (exact) mass is 246 g/mol. The van der Waals surface area contributed by atoms with E-state index in [4.69, 9.17) is 0 Å². The minimum Gasteiger partial charge on any atom is -0.469 e. The van der Waals surface area contributed by atoms with Gasteiger partial charge in [-0.05, 0) is 12.5 Å². The number of hydrogen-bond donors (Lipinski definition) is 1. The van der Waals surface area contributed by atoms with E-state index in [0.29, 0.717) is 6.42 Å². The molecule has 0 atom stereocenters. The van der Waals surface area contributed by atoms with Crippen LogP contribution in [0.25, 0.3) is 10.9 Å². The van der Waals surface area contributed by atoms with Crippen LogP contribution in [0.1, 0.15) is 12.8 Å². The highest BCUT2D eigenvalue weighted by molar-refractivity contribution is 5.92. The quantitative estimate of drug-likeness (QED) is 0.825. The van der Waals surface area contributed by atoms with E-state index < -0.39 is 0 Å². The van der Waals surface area contributed by atoms with Gasteiger partial charge in [-0.3, -0.25) is 4.79 Å². The minimum atomic E-state index is -0.151. The van der Waals surface area contributed by atoms with Crippen molar-refractivity contribution in [2.24, 2.45) is 0 Å². The Kier molecular flexibility index (Phi) is 3.87. The zero-order valence-corrected chi connectivity index (χ0v) is 10.8. The van der Waals surface area contributed by atoms with Crippen molar-refractivity contribution in [1.82, 2.24) is 4.98 Å². The van der Waals surface area contributed by atoms with Gasteiger partial charge in [-0.2, -0.15) is 0 Å². The summed E-state index contributed by atoms with van der Waals surface area (Å²) in [7, 11) is 3.46. The molecule has 2 aromatic rings. The van der Waals surface area contributed by atoms with Crippen LogP contribution in [0.15, 0.2) is 30.5 Å². The number of ether oxygens (including phenoxy) is 1. The van der Waals surface area contributed by atoms with Gasteiger partial charge in [-0.25, -0.2) is 0 Å². The number of H-pyrrole nitrogens is 1. The number of aromatic nitrogens is 1. The van der Waals surface area contributed by atoms with Crippen LogP contribution in [0.4, 0.5) is 5.69 Å². The second kappa shape index (κ2) is 5.58. The predicted octanol–water partition coefficient (Wildman–Crippen LogP) is 2.56. The van der Waals surface area contributed by atoms with E-state index in [1.165, 1.54) is 12.5 Å². The molecule has 1 N–H and O–H groups in total. The summed E-state index contributed by atoms with van der Waals surface area (Å²) in [6.45, 7) is 0.830. The SMILES string of the molecule is COC(=O)CCCN(C)c1c[nH]c2ccccc12. The summed E-state index contributed by atoms with van der Waals surface area (Å²) in [4.78, 5) is 16.4. The first kappa shape index (κ1) is 12.5. The lowest BCUT2D eigenvalue weighted by Crippen LogP contribution is -2.19. The van der Waals surface area contributed by atoms with Crippen molar-refractivity contribution in [1.29, 1.82) is 0 Å². The molecule has 0 fully saturated rings. The zero-order valence-electron chi connectivity index (χ0n) is 10.8. The van der Waals surface area contributed by atoms with E-state index in [2.05, 4.69) is 26.8 Å². The van der Waals surface area contributed by atoms with E-state index in [9.17, 15) is 4.79 Å². The topological polar surface area (TPSA) is 45.3 Å². The first-order valence-electron chi connectivity index (χ1n) is 6.06. The van der Waals surface area contributed by atoms with Crippen LogP contribution < -0.4 is 4.90 Å². The molecule has 96 valence electrons. The Morgan fingerprint density at radius 3 is 2.94 bits per heavy atom. The van der Waals surface area contributed by atoms with Gasteiger partial charge in [0.1, 0.15) is 0 Å². The fourth-order valence-electron chi connectivity index (χ4n) is 2.06. The lowest BCUT2D eigenvalue weighted by atomic mass is 10.2. The number of esters is 1. The van der Waals surface area contributed by atoms with E-state index >= 15 is 0 Å². The summed E-state index contributed by atoms with van der Waals surface area (Å²) in [6, 6.07) is 8.20. The van der Waals surface area contributed by atoms with Gasteiger partial charge in [0, 0.05) is 37.1 Å². The Hall–Kier alpha value is -1.97. The third kappa shape index (κ3) is 2.64. The van der Waals surface area contributed by atoms with Crippen LogP contribution in [0.5, 0.6) is 0 Å². The smallest absolute Gasteiger partial charge is 0.305 e. The van der Waals surface area contributed by atoms with E-state index in [-0.39, 0.29) is 5.97 Å². The van der Waals surface area contributed by atoms with Gasteiger partial charge in [0.05, 0.1) is 12.8 Å². The van der Waals surface area contributed by atoms with Crippen molar-refractivity contribution in [3.63, 3.8) is 0 Å². The van der Waals surface area contributed by atoms with Crippen molar-refractivity contribution < 1.29 is 9.53 Å². The number of aromatic amines is 1. The molecule has 0 radical (unpaired) electrons. The molecule has 1 aromatic carbocycles. The molecule has 0 saturated carbocycles. The molecule has 0 spiro atoms. The lowest BCUT2D eigenvalue weighted by molar-refractivity contribution is -0.140. The van der Waals surface area contributed by atoms with Gasteiger partial charge in [0.2, 0.25) is 0 Å². The molecule has 0 aliphatic rings. The number of nitrogens with zero attached hydrogens (tertiary/aromatic N) is 1. The average molecular weight is 246 g/mol. The molecular formula is C14H18N2O2. The Balaban J connectivity index is 2.00. The van der Waals surface area contributed by atoms with Crippen molar-refractivity contribution in [2.75, 3.05) is 25.6 Å². The number of anilines is 1. The highest BCUT2D eigenvalue weighted by Gasteiger charge is 2.08. The maximum atomic E-state index is 11.0. The van der Waals surface area contributed by atoms with E-state index in [0.717, 1.165) is 24.2 Å². The molecule has 18 heavy (non-hydrogen) atoms. The van der Waals surface area contributed by atoms with Crippen LogP contribution in [0.3, 0.4) is 0 Å². The van der Waals surface area contributed by atoms with E-state index in [1.54, 1.807) is 0 Å². The Morgan fingerprint density at radius 1 is 1.39 bits per heavy atom. The second-order valence-corrected chi connectivity index (χ2v) is 4.32. The largest absolute Gasteiger partial charge is 0.469 e. The third-order valence-electron chi connectivity index (χ3n) is 3.08. The Morgan fingerprint density at radius 2 is 2.17 bits per heavy atom. The average Bonchev–Trinajstić information content (AvgIpc) is 2.82. The summed E-state index contributed by atoms with van der Waals surface area (Å²) in [6.07, 6.45) is 3.26. The number of fused-ring (bicyclic) bond motifs is 1. The summed E-state index contributed by atoms with van der Waals surface area (Å²) in [5.74, 6) is -0.151. The molecule has 0 saturated heterocycles. The molecule has 1 aromatic heterocycles. The fourth-order valence-corrected chi connectivity index (χ4v) is 2.06. The van der Waals surface area contributed by atoms with Crippen LogP contribution >= 0.6 is 0 Å². The van der Waals surface area contributed by atoms with Crippen molar-refractivity contribution in [3.05, 3.63) is 30.5 Å². The molecule has 0 aliphatic heterocycles.